The fourth-order valence-corrected chi connectivity index (χ4v) is 3.96. The highest BCUT2D eigenvalue weighted by Gasteiger charge is 2.38. The van der Waals surface area contributed by atoms with Gasteiger partial charge in [0.15, 0.2) is 0 Å². The molecular weight excluding hydrogens is 455 g/mol. The number of halogens is 3. The Morgan fingerprint density at radius 1 is 1.12 bits per heavy atom. The average molecular weight is 479 g/mol. The van der Waals surface area contributed by atoms with Gasteiger partial charge in [-0.2, -0.15) is 13.2 Å². The van der Waals surface area contributed by atoms with E-state index in [9.17, 15) is 27.9 Å². The van der Waals surface area contributed by atoms with Gasteiger partial charge in [-0.1, -0.05) is 30.3 Å². The van der Waals surface area contributed by atoms with Crippen molar-refractivity contribution in [3.63, 3.8) is 0 Å². The summed E-state index contributed by atoms with van der Waals surface area (Å²) < 4.78 is 31.7. The average Bonchev–Trinajstić information content (AvgIpc) is 2.81. The van der Waals surface area contributed by atoms with Gasteiger partial charge in [0.05, 0.1) is 24.0 Å². The zero-order valence-corrected chi connectivity index (χ0v) is 18.3. The number of alkyl halides is 3. The monoisotopic (exact) mass is 479 g/mol. The molecule has 0 spiro atoms. The SMILES string of the molecule is CC(C(=O)N1CC(=O)Nc2ccccc21)N1CCc2cccc(CO)c2C1.O=C(O)C(F)(F)F. The molecule has 0 fully saturated rings. The van der Waals surface area contributed by atoms with Crippen molar-refractivity contribution in [3.05, 3.63) is 59.2 Å². The lowest BCUT2D eigenvalue weighted by molar-refractivity contribution is -0.192. The summed E-state index contributed by atoms with van der Waals surface area (Å²) in [5, 5.41) is 19.6. The van der Waals surface area contributed by atoms with Crippen LogP contribution in [0.25, 0.3) is 0 Å². The van der Waals surface area contributed by atoms with Gasteiger partial charge in [-0.25, -0.2) is 4.79 Å². The summed E-state index contributed by atoms with van der Waals surface area (Å²) in [7, 11) is 0. The molecule has 4 rings (SSSR count). The highest BCUT2D eigenvalue weighted by atomic mass is 19.4. The number of carboxylic acids is 1. The molecule has 0 bridgehead atoms. The molecule has 1 unspecified atom stereocenters. The lowest BCUT2D eigenvalue weighted by atomic mass is 9.94. The molecule has 11 heteroatoms. The summed E-state index contributed by atoms with van der Waals surface area (Å²) in [4.78, 5) is 37.9. The predicted octanol–water partition coefficient (Wildman–Crippen LogP) is 2.54. The molecule has 2 heterocycles. The summed E-state index contributed by atoms with van der Waals surface area (Å²) in [5.41, 5.74) is 4.67. The number of hydrogen-bond donors (Lipinski definition) is 3. The molecule has 2 aromatic carbocycles. The predicted molar refractivity (Wildman–Crippen MR) is 117 cm³/mol. The minimum atomic E-state index is -5.08. The first kappa shape index (κ1) is 25.2. The maximum atomic E-state index is 13.2. The second kappa shape index (κ2) is 10.2. The Morgan fingerprint density at radius 2 is 1.79 bits per heavy atom. The second-order valence-electron chi connectivity index (χ2n) is 7.90. The Hall–Kier alpha value is -3.44. The van der Waals surface area contributed by atoms with Crippen LogP contribution in [0, 0.1) is 0 Å². The minimum Gasteiger partial charge on any atom is -0.475 e. The zero-order valence-electron chi connectivity index (χ0n) is 18.3. The number of para-hydroxylation sites is 2. The van der Waals surface area contributed by atoms with Crippen LogP contribution in [0.15, 0.2) is 42.5 Å². The number of nitrogens with one attached hydrogen (secondary N) is 1. The number of carbonyl (C=O) groups is 3. The van der Waals surface area contributed by atoms with Crippen LogP contribution in [-0.2, 0) is 34.0 Å². The Balaban J connectivity index is 0.000000406. The Bertz CT molecular complexity index is 1080. The molecule has 3 N–H and O–H groups in total. The molecule has 1 atom stereocenters. The molecule has 2 amide bonds. The lowest BCUT2D eigenvalue weighted by Gasteiger charge is -2.37. The fraction of sp³-hybridized carbons (Fsp3) is 0.348. The van der Waals surface area contributed by atoms with Gasteiger partial charge in [0.2, 0.25) is 11.8 Å². The molecule has 0 radical (unpaired) electrons. The smallest absolute Gasteiger partial charge is 0.475 e. The molecule has 0 saturated heterocycles. The van der Waals surface area contributed by atoms with E-state index in [1.54, 1.807) is 4.90 Å². The van der Waals surface area contributed by atoms with Crippen LogP contribution in [0.2, 0.25) is 0 Å². The number of aliphatic hydroxyl groups is 1. The normalized spacial score (nSPS) is 16.4. The number of benzene rings is 2. The van der Waals surface area contributed by atoms with Gasteiger partial charge in [0.1, 0.15) is 6.54 Å². The van der Waals surface area contributed by atoms with E-state index in [0.29, 0.717) is 12.2 Å². The van der Waals surface area contributed by atoms with Crippen molar-refractivity contribution >= 4 is 29.2 Å². The summed E-state index contributed by atoms with van der Waals surface area (Å²) in [6.07, 6.45) is -4.24. The molecule has 0 saturated carbocycles. The largest absolute Gasteiger partial charge is 0.490 e. The number of carboxylic acid groups (broad SMARTS) is 1. The number of carbonyl (C=O) groups excluding carboxylic acids is 2. The number of hydrogen-bond acceptors (Lipinski definition) is 5. The van der Waals surface area contributed by atoms with Crippen LogP contribution in [0.3, 0.4) is 0 Å². The van der Waals surface area contributed by atoms with Crippen LogP contribution in [-0.4, -0.2) is 58.2 Å². The molecule has 0 aliphatic carbocycles. The van der Waals surface area contributed by atoms with Gasteiger partial charge >= 0.3 is 12.1 Å². The van der Waals surface area contributed by atoms with E-state index in [1.807, 2.05) is 43.3 Å². The second-order valence-corrected chi connectivity index (χ2v) is 7.90. The van der Waals surface area contributed by atoms with Gasteiger partial charge in [-0.15, -0.1) is 0 Å². The number of aliphatic hydroxyl groups excluding tert-OH is 1. The number of fused-ring (bicyclic) bond motifs is 2. The third-order valence-electron chi connectivity index (χ3n) is 5.75. The third kappa shape index (κ3) is 5.54. The van der Waals surface area contributed by atoms with Crippen molar-refractivity contribution in [1.29, 1.82) is 0 Å². The first-order valence-electron chi connectivity index (χ1n) is 10.5. The molecule has 182 valence electrons. The maximum absolute atomic E-state index is 13.2. The molecule has 0 aromatic heterocycles. The van der Waals surface area contributed by atoms with E-state index >= 15 is 0 Å². The van der Waals surface area contributed by atoms with Crippen LogP contribution < -0.4 is 10.2 Å². The molecule has 34 heavy (non-hydrogen) atoms. The summed E-state index contributed by atoms with van der Waals surface area (Å²) in [6.45, 7) is 3.33. The van der Waals surface area contributed by atoms with E-state index < -0.39 is 12.1 Å². The summed E-state index contributed by atoms with van der Waals surface area (Å²) in [6, 6.07) is 13.0. The van der Waals surface area contributed by atoms with Crippen molar-refractivity contribution in [1.82, 2.24) is 4.90 Å². The zero-order chi connectivity index (χ0) is 25.0. The van der Waals surface area contributed by atoms with Crippen molar-refractivity contribution in [3.8, 4) is 0 Å². The Kier molecular flexibility index (Phi) is 7.57. The topological polar surface area (TPSA) is 110 Å². The fourth-order valence-electron chi connectivity index (χ4n) is 3.96. The summed E-state index contributed by atoms with van der Waals surface area (Å²) in [5.74, 6) is -3.02. The third-order valence-corrected chi connectivity index (χ3v) is 5.75. The highest BCUT2D eigenvalue weighted by Crippen LogP contribution is 2.31. The van der Waals surface area contributed by atoms with Crippen molar-refractivity contribution in [2.24, 2.45) is 0 Å². The van der Waals surface area contributed by atoms with Gasteiger partial charge in [-0.05, 0) is 42.2 Å². The first-order chi connectivity index (χ1) is 16.0. The van der Waals surface area contributed by atoms with Crippen LogP contribution >= 0.6 is 0 Å². The van der Waals surface area contributed by atoms with Gasteiger partial charge < -0.3 is 15.5 Å². The van der Waals surface area contributed by atoms with Crippen molar-refractivity contribution in [2.75, 3.05) is 23.3 Å². The van der Waals surface area contributed by atoms with Crippen molar-refractivity contribution < 1.29 is 37.8 Å². The van der Waals surface area contributed by atoms with E-state index in [2.05, 4.69) is 16.3 Å². The van der Waals surface area contributed by atoms with Crippen LogP contribution in [0.5, 0.6) is 0 Å². The highest BCUT2D eigenvalue weighted by molar-refractivity contribution is 6.11. The molecule has 2 aromatic rings. The maximum Gasteiger partial charge on any atom is 0.490 e. The van der Waals surface area contributed by atoms with E-state index in [4.69, 9.17) is 9.90 Å². The lowest BCUT2D eigenvalue weighted by Crippen LogP contribution is -2.52. The quantitative estimate of drug-likeness (QED) is 0.624. The first-order valence-corrected chi connectivity index (χ1v) is 10.5. The number of aliphatic carboxylic acids is 1. The van der Waals surface area contributed by atoms with E-state index in [1.165, 1.54) is 5.56 Å². The number of nitrogens with zero attached hydrogens (tertiary/aromatic N) is 2. The van der Waals surface area contributed by atoms with Gasteiger partial charge in [0, 0.05) is 13.1 Å². The van der Waals surface area contributed by atoms with E-state index in [-0.39, 0.29) is 31.0 Å². The molecule has 2 aliphatic rings. The van der Waals surface area contributed by atoms with Crippen LogP contribution in [0.4, 0.5) is 24.5 Å². The van der Waals surface area contributed by atoms with Crippen LogP contribution in [0.1, 0.15) is 23.6 Å². The molecule has 2 aliphatic heterocycles. The standard InChI is InChI=1S/C21H23N3O3.C2HF3O2/c1-14(23-10-9-15-5-4-6-16(13-25)17(15)11-23)21(27)24-12-20(26)22-18-7-2-3-8-19(18)24;3-2(4,5)1(6)7/h2-8,14,25H,9-13H2,1H3,(H,22,26);(H,6,7). The molecule has 8 nitrogen and oxygen atoms in total. The summed E-state index contributed by atoms with van der Waals surface area (Å²) >= 11 is 0. The number of amides is 2. The Labute approximate surface area is 193 Å². The van der Waals surface area contributed by atoms with Gasteiger partial charge in [0.25, 0.3) is 0 Å². The Morgan fingerprint density at radius 3 is 2.44 bits per heavy atom. The minimum absolute atomic E-state index is 0.000980. The number of anilines is 2. The number of rotatable bonds is 3. The molecular formula is C23H24F3N3O5. The van der Waals surface area contributed by atoms with E-state index in [0.717, 1.165) is 29.8 Å². The van der Waals surface area contributed by atoms with Gasteiger partial charge in [-0.3, -0.25) is 19.4 Å². The van der Waals surface area contributed by atoms with Crippen molar-refractivity contribution in [2.45, 2.75) is 38.7 Å².